The fraction of sp³-hybridized carbons (Fsp3) is 0.240. The van der Waals surface area contributed by atoms with E-state index in [1.807, 2.05) is 54.6 Å². The molecule has 8 nitrogen and oxygen atoms in total. The largest absolute Gasteiger partial charge is 0.457 e. The van der Waals surface area contributed by atoms with Gasteiger partial charge in [-0.15, -0.1) is 0 Å². The van der Waals surface area contributed by atoms with Crippen LogP contribution >= 0.6 is 0 Å². The molecule has 0 bridgehead atoms. The lowest BCUT2D eigenvalue weighted by Gasteiger charge is -2.31. The second kappa shape index (κ2) is 9.60. The number of primary amides is 1. The summed E-state index contributed by atoms with van der Waals surface area (Å²) < 4.78 is 7.49. The van der Waals surface area contributed by atoms with Crippen LogP contribution in [0.5, 0.6) is 11.5 Å². The minimum atomic E-state index is -0.621. The van der Waals surface area contributed by atoms with E-state index in [2.05, 4.69) is 11.7 Å². The van der Waals surface area contributed by atoms with E-state index in [9.17, 15) is 9.59 Å². The summed E-state index contributed by atoms with van der Waals surface area (Å²) in [7, 11) is 0. The summed E-state index contributed by atoms with van der Waals surface area (Å²) in [6.07, 6.45) is 2.99. The van der Waals surface area contributed by atoms with Gasteiger partial charge in [-0.05, 0) is 61.2 Å². The monoisotopic (exact) mass is 445 g/mol. The molecular weight excluding hydrogens is 418 g/mol. The molecule has 0 atom stereocenters. The maximum atomic E-state index is 12.2. The van der Waals surface area contributed by atoms with Gasteiger partial charge in [0.1, 0.15) is 28.6 Å². The van der Waals surface area contributed by atoms with Crippen molar-refractivity contribution >= 4 is 17.6 Å². The van der Waals surface area contributed by atoms with Crippen LogP contribution in [0.25, 0.3) is 11.3 Å². The van der Waals surface area contributed by atoms with Gasteiger partial charge in [-0.25, -0.2) is 4.68 Å². The number of rotatable bonds is 7. The zero-order valence-electron chi connectivity index (χ0n) is 18.3. The van der Waals surface area contributed by atoms with Gasteiger partial charge in [0.15, 0.2) is 0 Å². The molecule has 2 aromatic carbocycles. The van der Waals surface area contributed by atoms with Gasteiger partial charge in [0.25, 0.3) is 5.91 Å². The summed E-state index contributed by atoms with van der Waals surface area (Å²) in [5.74, 6) is 1.27. The highest BCUT2D eigenvalue weighted by Gasteiger charge is 2.26. The number of nitrogen functional groups attached to an aromatic ring is 1. The van der Waals surface area contributed by atoms with Crippen molar-refractivity contribution in [3.63, 3.8) is 0 Å². The molecule has 0 radical (unpaired) electrons. The van der Waals surface area contributed by atoms with Crippen LogP contribution in [0.1, 0.15) is 23.2 Å². The topological polar surface area (TPSA) is 116 Å². The molecule has 170 valence electrons. The van der Waals surface area contributed by atoms with E-state index in [-0.39, 0.29) is 23.2 Å². The second-order valence-corrected chi connectivity index (χ2v) is 8.07. The molecular formula is C25H27N5O3. The predicted molar refractivity (Wildman–Crippen MR) is 127 cm³/mol. The van der Waals surface area contributed by atoms with E-state index in [0.717, 1.165) is 24.2 Å². The van der Waals surface area contributed by atoms with Crippen LogP contribution in [0.4, 0.5) is 5.82 Å². The molecule has 0 saturated carbocycles. The SMILES string of the molecule is C=CC(=O)N1CCC(Cn2nc(-c3ccc(Oc4ccccc4)cc3)c(C(N)=O)c2N)CC1. The molecule has 1 fully saturated rings. The van der Waals surface area contributed by atoms with Crippen molar-refractivity contribution in [2.45, 2.75) is 19.4 Å². The number of carbonyl (C=O) groups excluding carboxylic acids is 2. The Morgan fingerprint density at radius 2 is 1.70 bits per heavy atom. The molecule has 4 rings (SSSR count). The molecule has 2 amide bonds. The number of benzene rings is 2. The number of nitrogens with two attached hydrogens (primary N) is 2. The molecule has 1 aliphatic heterocycles. The van der Waals surface area contributed by atoms with Crippen LogP contribution in [0, 0.1) is 5.92 Å². The van der Waals surface area contributed by atoms with E-state index in [0.29, 0.717) is 31.1 Å². The molecule has 8 heteroatoms. The number of aromatic nitrogens is 2. The van der Waals surface area contributed by atoms with Crippen LogP contribution in [-0.4, -0.2) is 39.6 Å². The van der Waals surface area contributed by atoms with Gasteiger partial charge in [-0.3, -0.25) is 9.59 Å². The van der Waals surface area contributed by atoms with Gasteiger partial charge in [0.05, 0.1) is 0 Å². The van der Waals surface area contributed by atoms with Gasteiger partial charge in [0, 0.05) is 25.2 Å². The lowest BCUT2D eigenvalue weighted by Crippen LogP contribution is -2.38. The maximum Gasteiger partial charge on any atom is 0.254 e. The Morgan fingerprint density at radius 1 is 1.06 bits per heavy atom. The Bertz CT molecular complexity index is 1150. The van der Waals surface area contributed by atoms with Crippen molar-refractivity contribution in [2.75, 3.05) is 18.8 Å². The van der Waals surface area contributed by atoms with E-state index >= 15 is 0 Å². The van der Waals surface area contributed by atoms with E-state index < -0.39 is 5.91 Å². The number of nitrogens with zero attached hydrogens (tertiary/aromatic N) is 3. The standard InChI is InChI=1S/C25H27N5O3/c1-2-21(31)29-14-12-17(13-15-29)16-30-24(26)22(25(27)32)23(28-30)18-8-10-20(11-9-18)33-19-6-4-3-5-7-19/h2-11,17H,1,12-16,26H2,(H2,27,32). The summed E-state index contributed by atoms with van der Waals surface area (Å²) in [5.41, 5.74) is 13.3. The van der Waals surface area contributed by atoms with Gasteiger partial charge < -0.3 is 21.1 Å². The number of carbonyl (C=O) groups is 2. The summed E-state index contributed by atoms with van der Waals surface area (Å²) in [6.45, 7) is 5.42. The Kier molecular flexibility index (Phi) is 6.44. The van der Waals surface area contributed by atoms with Crippen molar-refractivity contribution in [3.8, 4) is 22.8 Å². The molecule has 0 aliphatic carbocycles. The van der Waals surface area contributed by atoms with Crippen LogP contribution in [0.3, 0.4) is 0 Å². The lowest BCUT2D eigenvalue weighted by atomic mass is 9.97. The highest BCUT2D eigenvalue weighted by atomic mass is 16.5. The molecule has 0 unspecified atom stereocenters. The normalized spacial score (nSPS) is 14.1. The zero-order chi connectivity index (χ0) is 23.4. The maximum absolute atomic E-state index is 12.2. The quantitative estimate of drug-likeness (QED) is 0.540. The molecule has 1 saturated heterocycles. The average Bonchev–Trinajstić information content (AvgIpc) is 3.16. The summed E-state index contributed by atoms with van der Waals surface area (Å²) >= 11 is 0. The van der Waals surface area contributed by atoms with Crippen molar-refractivity contribution in [1.82, 2.24) is 14.7 Å². The van der Waals surface area contributed by atoms with E-state index in [1.165, 1.54) is 6.08 Å². The van der Waals surface area contributed by atoms with Crippen molar-refractivity contribution in [1.29, 1.82) is 0 Å². The van der Waals surface area contributed by atoms with Gasteiger partial charge in [-0.2, -0.15) is 5.10 Å². The van der Waals surface area contributed by atoms with Crippen molar-refractivity contribution < 1.29 is 14.3 Å². The first-order valence-electron chi connectivity index (χ1n) is 10.9. The molecule has 0 spiro atoms. The average molecular weight is 446 g/mol. The first kappa shape index (κ1) is 22.1. The number of amides is 2. The molecule has 1 aliphatic rings. The lowest BCUT2D eigenvalue weighted by molar-refractivity contribution is -0.127. The number of hydrogen-bond acceptors (Lipinski definition) is 5. The van der Waals surface area contributed by atoms with Crippen LogP contribution < -0.4 is 16.2 Å². The predicted octanol–water partition coefficient (Wildman–Crippen LogP) is 3.45. The molecule has 4 N–H and O–H groups in total. The Balaban J connectivity index is 1.52. The molecule has 33 heavy (non-hydrogen) atoms. The number of ether oxygens (including phenoxy) is 1. The number of anilines is 1. The molecule has 2 heterocycles. The summed E-state index contributed by atoms with van der Waals surface area (Å²) in [6, 6.07) is 16.8. The Labute approximate surface area is 192 Å². The van der Waals surface area contributed by atoms with Gasteiger partial charge in [0.2, 0.25) is 5.91 Å². The molecule has 1 aromatic heterocycles. The first-order valence-corrected chi connectivity index (χ1v) is 10.9. The number of likely N-dealkylation sites (tertiary alicyclic amines) is 1. The highest BCUT2D eigenvalue weighted by Crippen LogP contribution is 2.31. The fourth-order valence-corrected chi connectivity index (χ4v) is 4.07. The number of para-hydroxylation sites is 1. The summed E-state index contributed by atoms with van der Waals surface area (Å²) in [4.78, 5) is 25.8. The van der Waals surface area contributed by atoms with Crippen LogP contribution in [-0.2, 0) is 11.3 Å². The van der Waals surface area contributed by atoms with Gasteiger partial charge in [-0.1, -0.05) is 24.8 Å². The van der Waals surface area contributed by atoms with Gasteiger partial charge >= 0.3 is 0 Å². The minimum absolute atomic E-state index is 0.0509. The zero-order valence-corrected chi connectivity index (χ0v) is 18.3. The first-order chi connectivity index (χ1) is 16.0. The summed E-state index contributed by atoms with van der Waals surface area (Å²) in [5, 5.41) is 4.63. The third-order valence-electron chi connectivity index (χ3n) is 5.88. The molecule has 3 aromatic rings. The fourth-order valence-electron chi connectivity index (χ4n) is 4.07. The highest BCUT2D eigenvalue weighted by molar-refractivity contribution is 6.03. The van der Waals surface area contributed by atoms with Crippen LogP contribution in [0.15, 0.2) is 67.3 Å². The smallest absolute Gasteiger partial charge is 0.254 e. The van der Waals surface area contributed by atoms with E-state index in [4.69, 9.17) is 16.2 Å². The number of hydrogen-bond donors (Lipinski definition) is 2. The van der Waals surface area contributed by atoms with Crippen molar-refractivity contribution in [2.24, 2.45) is 11.7 Å². The van der Waals surface area contributed by atoms with Crippen LogP contribution in [0.2, 0.25) is 0 Å². The number of piperidine rings is 1. The van der Waals surface area contributed by atoms with E-state index in [1.54, 1.807) is 9.58 Å². The third-order valence-corrected chi connectivity index (χ3v) is 5.88. The third kappa shape index (κ3) is 4.90. The minimum Gasteiger partial charge on any atom is -0.457 e. The second-order valence-electron chi connectivity index (χ2n) is 8.07. The Hall–Kier alpha value is -4.07. The van der Waals surface area contributed by atoms with Crippen molar-refractivity contribution in [3.05, 3.63) is 72.8 Å². The Morgan fingerprint density at radius 3 is 2.30 bits per heavy atom.